The van der Waals surface area contributed by atoms with E-state index in [1.54, 1.807) is 0 Å². The van der Waals surface area contributed by atoms with Crippen LogP contribution in [0.5, 0.6) is 0 Å². The molecule has 1 aliphatic rings. The number of nitrogens with zero attached hydrogens (tertiary/aromatic N) is 2. The maximum atomic E-state index is 5.48. The van der Waals surface area contributed by atoms with Gasteiger partial charge in [0.1, 0.15) is 5.82 Å². The van der Waals surface area contributed by atoms with E-state index in [9.17, 15) is 0 Å². The summed E-state index contributed by atoms with van der Waals surface area (Å²) in [5, 5.41) is 3.36. The number of aryl methyl sites for hydroxylation is 1. The average molecular weight is 234 g/mol. The number of hydrogen-bond acceptors (Lipinski definition) is 4. The highest BCUT2D eigenvalue weighted by molar-refractivity contribution is 5.46. The normalized spacial score (nSPS) is 15.6. The van der Waals surface area contributed by atoms with Gasteiger partial charge in [-0.1, -0.05) is 13.3 Å². The van der Waals surface area contributed by atoms with Gasteiger partial charge in [-0.05, 0) is 32.2 Å². The van der Waals surface area contributed by atoms with Gasteiger partial charge in [-0.2, -0.15) is 0 Å². The molecule has 0 atom stereocenters. The van der Waals surface area contributed by atoms with Crippen LogP contribution < -0.4 is 11.1 Å². The van der Waals surface area contributed by atoms with E-state index in [0.717, 1.165) is 43.1 Å². The number of hydrogen-bond donors (Lipinski definition) is 2. The summed E-state index contributed by atoms with van der Waals surface area (Å²) in [5.41, 5.74) is 7.69. The molecule has 1 fully saturated rings. The van der Waals surface area contributed by atoms with Crippen LogP contribution in [0.25, 0.3) is 0 Å². The van der Waals surface area contributed by atoms with Crippen molar-refractivity contribution in [1.29, 1.82) is 0 Å². The molecule has 0 spiro atoms. The van der Waals surface area contributed by atoms with Crippen LogP contribution in [0.1, 0.15) is 50.0 Å². The summed E-state index contributed by atoms with van der Waals surface area (Å²) < 4.78 is 0. The lowest BCUT2D eigenvalue weighted by Gasteiger charge is -2.24. The van der Waals surface area contributed by atoms with Crippen molar-refractivity contribution in [1.82, 2.24) is 9.97 Å². The monoisotopic (exact) mass is 234 g/mol. The molecule has 17 heavy (non-hydrogen) atoms. The summed E-state index contributed by atoms with van der Waals surface area (Å²) in [6.07, 6.45) is 7.70. The first-order valence-electron chi connectivity index (χ1n) is 6.65. The molecule has 1 aromatic heterocycles. The Balaban J connectivity index is 2.05. The SMILES string of the molecule is CCc1nc(C2CCC2)ncc1NCCCN. The fourth-order valence-electron chi connectivity index (χ4n) is 2.04. The summed E-state index contributed by atoms with van der Waals surface area (Å²) in [6.45, 7) is 3.76. The molecular weight excluding hydrogens is 212 g/mol. The van der Waals surface area contributed by atoms with E-state index in [0.29, 0.717) is 5.92 Å². The van der Waals surface area contributed by atoms with Crippen LogP contribution in [-0.2, 0) is 6.42 Å². The Hall–Kier alpha value is -1.16. The number of nitrogens with one attached hydrogen (secondary N) is 1. The molecule has 3 N–H and O–H groups in total. The standard InChI is InChI=1S/C13H22N4/c1-2-11-12(15-8-4-7-14)9-16-13(17-11)10-5-3-6-10/h9-10,15H,2-8,14H2,1H3. The first-order chi connectivity index (χ1) is 8.35. The fraction of sp³-hybridized carbons (Fsp3) is 0.692. The molecule has 1 saturated carbocycles. The average Bonchev–Trinajstić information content (AvgIpc) is 2.28. The molecule has 94 valence electrons. The van der Waals surface area contributed by atoms with Gasteiger partial charge in [-0.25, -0.2) is 9.97 Å². The van der Waals surface area contributed by atoms with E-state index in [-0.39, 0.29) is 0 Å². The van der Waals surface area contributed by atoms with Gasteiger partial charge in [0.15, 0.2) is 0 Å². The third-order valence-corrected chi connectivity index (χ3v) is 3.39. The van der Waals surface area contributed by atoms with Gasteiger partial charge < -0.3 is 11.1 Å². The van der Waals surface area contributed by atoms with Crippen LogP contribution in [-0.4, -0.2) is 23.1 Å². The minimum absolute atomic E-state index is 0.610. The largest absolute Gasteiger partial charge is 0.382 e. The van der Waals surface area contributed by atoms with Crippen LogP contribution in [0, 0.1) is 0 Å². The lowest BCUT2D eigenvalue weighted by molar-refractivity contribution is 0.400. The van der Waals surface area contributed by atoms with Crippen molar-refractivity contribution < 1.29 is 0 Å². The number of nitrogens with two attached hydrogens (primary N) is 1. The second-order valence-electron chi connectivity index (χ2n) is 4.64. The Labute approximate surface area is 103 Å². The van der Waals surface area contributed by atoms with Crippen LogP contribution >= 0.6 is 0 Å². The first kappa shape index (κ1) is 12.3. The van der Waals surface area contributed by atoms with Gasteiger partial charge in [0, 0.05) is 12.5 Å². The molecule has 4 heteroatoms. The Bertz CT molecular complexity index is 360. The quantitative estimate of drug-likeness (QED) is 0.740. The van der Waals surface area contributed by atoms with Crippen molar-refractivity contribution >= 4 is 5.69 Å². The van der Waals surface area contributed by atoms with Gasteiger partial charge in [-0.3, -0.25) is 0 Å². The second kappa shape index (κ2) is 5.96. The maximum Gasteiger partial charge on any atom is 0.131 e. The fourth-order valence-corrected chi connectivity index (χ4v) is 2.04. The molecule has 0 radical (unpaired) electrons. The van der Waals surface area contributed by atoms with E-state index in [1.807, 2.05) is 6.20 Å². The molecule has 0 bridgehead atoms. The lowest BCUT2D eigenvalue weighted by Crippen LogP contribution is -2.15. The maximum absolute atomic E-state index is 5.48. The Morgan fingerprint density at radius 1 is 1.47 bits per heavy atom. The number of rotatable bonds is 6. The van der Waals surface area contributed by atoms with Crippen molar-refractivity contribution in [3.8, 4) is 0 Å². The Morgan fingerprint density at radius 2 is 2.29 bits per heavy atom. The smallest absolute Gasteiger partial charge is 0.131 e. The molecule has 2 rings (SSSR count). The Morgan fingerprint density at radius 3 is 2.88 bits per heavy atom. The molecule has 1 aliphatic carbocycles. The highest BCUT2D eigenvalue weighted by Crippen LogP contribution is 2.34. The minimum atomic E-state index is 0.610. The predicted octanol–water partition coefficient (Wildman–Crippen LogP) is 2.07. The highest BCUT2D eigenvalue weighted by Gasteiger charge is 2.22. The van der Waals surface area contributed by atoms with Crippen molar-refractivity contribution in [3.63, 3.8) is 0 Å². The molecule has 0 amide bonds. The zero-order valence-corrected chi connectivity index (χ0v) is 10.6. The van der Waals surface area contributed by atoms with Gasteiger partial charge >= 0.3 is 0 Å². The van der Waals surface area contributed by atoms with Crippen molar-refractivity contribution in [2.24, 2.45) is 5.73 Å². The van der Waals surface area contributed by atoms with Crippen LogP contribution in [0.15, 0.2) is 6.20 Å². The van der Waals surface area contributed by atoms with Crippen molar-refractivity contribution in [2.45, 2.75) is 44.9 Å². The zero-order chi connectivity index (χ0) is 12.1. The second-order valence-corrected chi connectivity index (χ2v) is 4.64. The molecule has 1 aromatic rings. The summed E-state index contributed by atoms with van der Waals surface area (Å²) in [5.74, 6) is 1.65. The van der Waals surface area contributed by atoms with Crippen molar-refractivity contribution in [2.75, 3.05) is 18.4 Å². The molecule has 4 nitrogen and oxygen atoms in total. The predicted molar refractivity (Wildman–Crippen MR) is 70.2 cm³/mol. The van der Waals surface area contributed by atoms with Gasteiger partial charge in [0.2, 0.25) is 0 Å². The molecule has 0 aromatic carbocycles. The molecule has 0 aliphatic heterocycles. The van der Waals surface area contributed by atoms with E-state index in [1.165, 1.54) is 19.3 Å². The van der Waals surface area contributed by atoms with E-state index >= 15 is 0 Å². The summed E-state index contributed by atoms with van der Waals surface area (Å²) >= 11 is 0. The van der Waals surface area contributed by atoms with Gasteiger partial charge in [0.05, 0.1) is 17.6 Å². The molecular formula is C13H22N4. The third-order valence-electron chi connectivity index (χ3n) is 3.39. The molecule has 0 unspecified atom stereocenters. The summed E-state index contributed by atoms with van der Waals surface area (Å²) in [6, 6.07) is 0. The summed E-state index contributed by atoms with van der Waals surface area (Å²) in [4.78, 5) is 9.17. The van der Waals surface area contributed by atoms with Gasteiger partial charge in [-0.15, -0.1) is 0 Å². The van der Waals surface area contributed by atoms with E-state index < -0.39 is 0 Å². The zero-order valence-electron chi connectivity index (χ0n) is 10.6. The van der Waals surface area contributed by atoms with E-state index in [4.69, 9.17) is 5.73 Å². The lowest BCUT2D eigenvalue weighted by atomic mass is 9.85. The molecule has 1 heterocycles. The van der Waals surface area contributed by atoms with Crippen LogP contribution in [0.3, 0.4) is 0 Å². The van der Waals surface area contributed by atoms with Crippen LogP contribution in [0.2, 0.25) is 0 Å². The first-order valence-corrected chi connectivity index (χ1v) is 6.65. The number of anilines is 1. The van der Waals surface area contributed by atoms with Crippen LogP contribution in [0.4, 0.5) is 5.69 Å². The molecule has 0 saturated heterocycles. The topological polar surface area (TPSA) is 63.8 Å². The van der Waals surface area contributed by atoms with Crippen molar-refractivity contribution in [3.05, 3.63) is 17.7 Å². The Kier molecular flexibility index (Phi) is 4.31. The minimum Gasteiger partial charge on any atom is -0.382 e. The highest BCUT2D eigenvalue weighted by atomic mass is 15.0. The van der Waals surface area contributed by atoms with Gasteiger partial charge in [0.25, 0.3) is 0 Å². The third kappa shape index (κ3) is 2.94. The summed E-state index contributed by atoms with van der Waals surface area (Å²) in [7, 11) is 0. The van der Waals surface area contributed by atoms with E-state index in [2.05, 4.69) is 22.2 Å². The number of aromatic nitrogens is 2.